The normalized spacial score (nSPS) is 12.4. The molecule has 40 heavy (non-hydrogen) atoms. The van der Waals surface area contributed by atoms with Gasteiger partial charge in [0, 0.05) is 11.8 Å². The second-order valence-corrected chi connectivity index (χ2v) is 10.6. The molecule has 8 heteroatoms. The summed E-state index contributed by atoms with van der Waals surface area (Å²) in [6, 6.07) is 18.9. The van der Waals surface area contributed by atoms with Gasteiger partial charge < -0.3 is 10.8 Å². The molecule has 0 spiro atoms. The van der Waals surface area contributed by atoms with Gasteiger partial charge in [0.15, 0.2) is 0 Å². The lowest BCUT2D eigenvalue weighted by atomic mass is 9.88. The maximum absolute atomic E-state index is 15.1. The third-order valence-electron chi connectivity index (χ3n) is 7.74. The predicted molar refractivity (Wildman–Crippen MR) is 151 cm³/mol. The van der Waals surface area contributed by atoms with Crippen LogP contribution in [0, 0.1) is 12.7 Å². The lowest BCUT2D eigenvalue weighted by Crippen LogP contribution is -2.38. The van der Waals surface area contributed by atoms with Crippen molar-refractivity contribution in [3.05, 3.63) is 127 Å². The number of carbonyl (C=O) groups excluding carboxylic acids is 1. The third-order valence-corrected chi connectivity index (χ3v) is 7.74. The molecule has 0 atom stereocenters. The third kappa shape index (κ3) is 3.71. The minimum Gasteiger partial charge on any atom is -0.386 e. The number of fused-ring (bicyclic) bond motifs is 4. The van der Waals surface area contributed by atoms with Crippen LogP contribution < -0.4 is 17.0 Å². The van der Waals surface area contributed by atoms with Crippen molar-refractivity contribution in [1.29, 1.82) is 0 Å². The largest absolute Gasteiger partial charge is 0.386 e. The van der Waals surface area contributed by atoms with Crippen molar-refractivity contribution in [3.63, 3.8) is 0 Å². The Kier molecular flexibility index (Phi) is 5.64. The Morgan fingerprint density at radius 2 is 1.73 bits per heavy atom. The first-order chi connectivity index (χ1) is 19.0. The molecule has 0 saturated heterocycles. The fourth-order valence-corrected chi connectivity index (χ4v) is 5.71. The number of nitrogens with zero attached hydrogens (tertiary/aromatic N) is 2. The van der Waals surface area contributed by atoms with Crippen molar-refractivity contribution in [2.75, 3.05) is 0 Å². The molecule has 3 aromatic carbocycles. The van der Waals surface area contributed by atoms with Gasteiger partial charge in [0.1, 0.15) is 0 Å². The topological polar surface area (TPSA) is 107 Å². The van der Waals surface area contributed by atoms with Crippen molar-refractivity contribution in [3.8, 4) is 27.9 Å². The minimum absolute atomic E-state index is 0.0931. The molecule has 0 saturated carbocycles. The molecular formula is C32H26FN3O4. The molecule has 7 nitrogen and oxygen atoms in total. The van der Waals surface area contributed by atoms with Gasteiger partial charge in [0.25, 0.3) is 5.56 Å². The monoisotopic (exact) mass is 535 g/mol. The zero-order valence-corrected chi connectivity index (χ0v) is 22.2. The summed E-state index contributed by atoms with van der Waals surface area (Å²) in [5.74, 6) is -1.57. The maximum atomic E-state index is 15.1. The number of hydrogen-bond donors (Lipinski definition) is 2. The Labute approximate surface area is 228 Å². The average Bonchev–Trinajstić information content (AvgIpc) is 3.31. The van der Waals surface area contributed by atoms with E-state index in [1.807, 2.05) is 24.3 Å². The Hall–Kier alpha value is -4.82. The van der Waals surface area contributed by atoms with E-state index in [1.54, 1.807) is 57.2 Å². The summed E-state index contributed by atoms with van der Waals surface area (Å²) in [5.41, 5.74) is 9.84. The first kappa shape index (κ1) is 25.5. The number of aliphatic hydroxyl groups is 1. The maximum Gasteiger partial charge on any atom is 0.340 e. The summed E-state index contributed by atoms with van der Waals surface area (Å²) >= 11 is 0. The van der Waals surface area contributed by atoms with Crippen LogP contribution in [0.2, 0.25) is 0 Å². The van der Waals surface area contributed by atoms with Crippen molar-refractivity contribution >= 4 is 11.4 Å². The number of aromatic nitrogens is 2. The molecule has 200 valence electrons. The standard InChI is InChI=1S/C32H26FN3O4/c1-17-20(7-6-9-25(17)36-30(38)28(33)26-8-4-5-14-35(26)31(36)39)22-12-13-23(29(34)37)24-16-18-15-19(32(2,3)40)10-11-21(18)27(22)24/h4-15,40H,16H2,1-3H3,(H2,34,37). The van der Waals surface area contributed by atoms with Crippen LogP contribution in [-0.2, 0) is 12.0 Å². The van der Waals surface area contributed by atoms with Gasteiger partial charge in [-0.3, -0.25) is 14.0 Å². The Morgan fingerprint density at radius 1 is 0.975 bits per heavy atom. The van der Waals surface area contributed by atoms with Gasteiger partial charge in [0.05, 0.1) is 16.8 Å². The van der Waals surface area contributed by atoms with E-state index in [9.17, 15) is 19.5 Å². The molecule has 5 aromatic rings. The number of hydrogen-bond acceptors (Lipinski definition) is 4. The fraction of sp³-hybridized carbons (Fsp3) is 0.156. The zero-order valence-electron chi connectivity index (χ0n) is 22.2. The van der Waals surface area contributed by atoms with Crippen molar-refractivity contribution in [2.24, 2.45) is 5.73 Å². The molecule has 1 amide bonds. The highest BCUT2D eigenvalue weighted by Crippen LogP contribution is 2.46. The van der Waals surface area contributed by atoms with E-state index >= 15 is 4.39 Å². The molecule has 2 heterocycles. The molecule has 0 radical (unpaired) electrons. The Bertz CT molecular complexity index is 2010. The molecule has 1 aliphatic rings. The number of amides is 1. The van der Waals surface area contributed by atoms with E-state index in [-0.39, 0.29) is 11.2 Å². The van der Waals surface area contributed by atoms with Crippen LogP contribution in [0.5, 0.6) is 0 Å². The van der Waals surface area contributed by atoms with E-state index in [2.05, 4.69) is 0 Å². The SMILES string of the molecule is Cc1c(-c2ccc(C(N)=O)c3c2-c2ccc(C(C)(C)O)cc2C3)cccc1-n1c(=O)c(F)c2ccccn2c1=O. The van der Waals surface area contributed by atoms with E-state index in [0.717, 1.165) is 42.3 Å². The van der Waals surface area contributed by atoms with Crippen LogP contribution in [0.1, 0.15) is 46.5 Å². The fourth-order valence-electron chi connectivity index (χ4n) is 5.71. The summed E-state index contributed by atoms with van der Waals surface area (Å²) in [6.45, 7) is 5.20. The first-order valence-electron chi connectivity index (χ1n) is 12.8. The van der Waals surface area contributed by atoms with Gasteiger partial charge in [-0.05, 0) is 96.0 Å². The van der Waals surface area contributed by atoms with Gasteiger partial charge in [-0.15, -0.1) is 0 Å². The molecule has 2 aromatic heterocycles. The summed E-state index contributed by atoms with van der Waals surface area (Å²) in [5, 5.41) is 10.6. The lowest BCUT2D eigenvalue weighted by molar-refractivity contribution is 0.0785. The molecule has 6 rings (SSSR count). The smallest absolute Gasteiger partial charge is 0.340 e. The Balaban J connectivity index is 1.62. The van der Waals surface area contributed by atoms with Crippen LogP contribution >= 0.6 is 0 Å². The number of pyridine rings is 1. The molecular weight excluding hydrogens is 509 g/mol. The number of rotatable bonds is 4. The number of carbonyl (C=O) groups is 1. The average molecular weight is 536 g/mol. The van der Waals surface area contributed by atoms with Gasteiger partial charge in [-0.2, -0.15) is 4.39 Å². The predicted octanol–water partition coefficient (Wildman–Crippen LogP) is 4.46. The summed E-state index contributed by atoms with van der Waals surface area (Å²) in [6.07, 6.45) is 1.88. The second-order valence-electron chi connectivity index (χ2n) is 10.6. The van der Waals surface area contributed by atoms with Crippen molar-refractivity contribution in [2.45, 2.75) is 32.8 Å². The number of halogens is 1. The highest BCUT2D eigenvalue weighted by Gasteiger charge is 2.29. The molecule has 1 aliphatic carbocycles. The van der Waals surface area contributed by atoms with Crippen LogP contribution in [0.25, 0.3) is 33.5 Å². The van der Waals surface area contributed by atoms with E-state index in [1.165, 1.54) is 12.3 Å². The van der Waals surface area contributed by atoms with E-state index in [0.29, 0.717) is 23.1 Å². The number of nitrogens with two attached hydrogens (primary N) is 1. The molecule has 3 N–H and O–H groups in total. The van der Waals surface area contributed by atoms with Crippen LogP contribution in [0.3, 0.4) is 0 Å². The minimum atomic E-state index is -1.04. The molecule has 0 unspecified atom stereocenters. The molecule has 0 fully saturated rings. The van der Waals surface area contributed by atoms with Crippen LogP contribution in [0.15, 0.2) is 82.5 Å². The van der Waals surface area contributed by atoms with E-state index < -0.39 is 28.6 Å². The van der Waals surface area contributed by atoms with Crippen molar-refractivity contribution in [1.82, 2.24) is 8.97 Å². The van der Waals surface area contributed by atoms with E-state index in [4.69, 9.17) is 5.73 Å². The quantitative estimate of drug-likeness (QED) is 0.348. The van der Waals surface area contributed by atoms with Gasteiger partial charge in [-0.1, -0.05) is 42.5 Å². The number of benzene rings is 3. The van der Waals surface area contributed by atoms with Gasteiger partial charge in [-0.25, -0.2) is 9.36 Å². The van der Waals surface area contributed by atoms with Crippen molar-refractivity contribution < 1.29 is 14.3 Å². The van der Waals surface area contributed by atoms with Crippen LogP contribution in [0.4, 0.5) is 4.39 Å². The zero-order chi connectivity index (χ0) is 28.5. The highest BCUT2D eigenvalue weighted by molar-refractivity contribution is 6.02. The summed E-state index contributed by atoms with van der Waals surface area (Å²) < 4.78 is 17.1. The number of primary amides is 1. The molecule has 0 aliphatic heterocycles. The summed E-state index contributed by atoms with van der Waals surface area (Å²) in [7, 11) is 0. The Morgan fingerprint density at radius 3 is 2.45 bits per heavy atom. The highest BCUT2D eigenvalue weighted by atomic mass is 19.1. The summed E-state index contributed by atoms with van der Waals surface area (Å²) in [4.78, 5) is 38.8. The second kappa shape index (κ2) is 8.86. The lowest BCUT2D eigenvalue weighted by Gasteiger charge is -2.19. The van der Waals surface area contributed by atoms with Gasteiger partial charge >= 0.3 is 5.69 Å². The first-order valence-corrected chi connectivity index (χ1v) is 12.8. The van der Waals surface area contributed by atoms with Crippen LogP contribution in [-0.4, -0.2) is 20.0 Å². The molecule has 0 bridgehead atoms. The van der Waals surface area contributed by atoms with Gasteiger partial charge in [0.2, 0.25) is 11.7 Å².